The third kappa shape index (κ3) is 4.20. The first-order valence-corrected chi connectivity index (χ1v) is 8.96. The minimum absolute atomic E-state index is 0.0890. The lowest BCUT2D eigenvalue weighted by Gasteiger charge is -2.16. The number of sulfone groups is 1. The Morgan fingerprint density at radius 2 is 1.78 bits per heavy atom. The minimum Gasteiger partial charge on any atom is -0.373 e. The number of anilines is 1. The van der Waals surface area contributed by atoms with Crippen LogP contribution in [0.3, 0.4) is 0 Å². The summed E-state index contributed by atoms with van der Waals surface area (Å²) < 4.78 is 23.1. The molecule has 0 aliphatic rings. The number of nitrogens with one attached hydrogen (secondary N) is 1. The molecule has 6 nitrogen and oxygen atoms in total. The van der Waals surface area contributed by atoms with E-state index in [1.54, 1.807) is 12.1 Å². The molecule has 0 spiro atoms. The Kier molecular flexibility index (Phi) is 4.91. The van der Waals surface area contributed by atoms with Crippen LogP contribution in [0.15, 0.2) is 47.4 Å². The van der Waals surface area contributed by atoms with Gasteiger partial charge in [-0.05, 0) is 36.8 Å². The van der Waals surface area contributed by atoms with E-state index in [-0.39, 0.29) is 22.3 Å². The molecule has 0 saturated carbocycles. The standard InChI is InChI=1S/C15H15ClN2O4S/c1-10(11-3-5-12(16)6-4-11)17-14-8-7-13(23(2,21)22)9-15(14)18(19)20/h3-10,17H,1-2H3. The predicted molar refractivity (Wildman–Crippen MR) is 89.7 cm³/mol. The molecular weight excluding hydrogens is 340 g/mol. The van der Waals surface area contributed by atoms with E-state index in [4.69, 9.17) is 11.6 Å². The highest BCUT2D eigenvalue weighted by Gasteiger charge is 2.20. The monoisotopic (exact) mass is 354 g/mol. The van der Waals surface area contributed by atoms with Crippen molar-refractivity contribution < 1.29 is 13.3 Å². The minimum atomic E-state index is -3.51. The molecule has 0 aromatic heterocycles. The first kappa shape index (κ1) is 17.2. The molecule has 2 rings (SSSR count). The van der Waals surface area contributed by atoms with Crippen LogP contribution in [-0.2, 0) is 9.84 Å². The van der Waals surface area contributed by atoms with E-state index in [0.29, 0.717) is 5.02 Å². The zero-order valence-corrected chi connectivity index (χ0v) is 14.1. The van der Waals surface area contributed by atoms with Crippen molar-refractivity contribution in [3.63, 3.8) is 0 Å². The smallest absolute Gasteiger partial charge is 0.293 e. The summed E-state index contributed by atoms with van der Waals surface area (Å²) in [5.74, 6) is 0. The molecule has 0 radical (unpaired) electrons. The second kappa shape index (κ2) is 6.55. The fraction of sp³-hybridized carbons (Fsp3) is 0.200. The largest absolute Gasteiger partial charge is 0.373 e. The van der Waals surface area contributed by atoms with Crippen LogP contribution in [-0.4, -0.2) is 19.6 Å². The summed E-state index contributed by atoms with van der Waals surface area (Å²) in [4.78, 5) is 10.5. The molecule has 1 unspecified atom stereocenters. The van der Waals surface area contributed by atoms with Gasteiger partial charge in [-0.1, -0.05) is 23.7 Å². The zero-order valence-electron chi connectivity index (χ0n) is 12.5. The lowest BCUT2D eigenvalue weighted by atomic mass is 10.1. The Balaban J connectivity index is 2.35. The second-order valence-electron chi connectivity index (χ2n) is 5.13. The number of halogens is 1. The Hall–Kier alpha value is -2.12. The van der Waals surface area contributed by atoms with Gasteiger partial charge in [0, 0.05) is 23.4 Å². The van der Waals surface area contributed by atoms with Gasteiger partial charge < -0.3 is 5.32 Å². The fourth-order valence-corrected chi connectivity index (χ4v) is 2.85. The van der Waals surface area contributed by atoms with Crippen LogP contribution in [0.5, 0.6) is 0 Å². The van der Waals surface area contributed by atoms with Gasteiger partial charge in [-0.2, -0.15) is 0 Å². The maximum atomic E-state index is 11.5. The third-order valence-corrected chi connectivity index (χ3v) is 4.70. The SMILES string of the molecule is CC(Nc1ccc(S(C)(=O)=O)cc1[N+](=O)[O-])c1ccc(Cl)cc1. The van der Waals surface area contributed by atoms with Crippen molar-refractivity contribution in [3.8, 4) is 0 Å². The molecule has 0 aliphatic heterocycles. The van der Waals surface area contributed by atoms with Crippen molar-refractivity contribution in [3.05, 3.63) is 63.2 Å². The number of hydrogen-bond donors (Lipinski definition) is 1. The first-order chi connectivity index (χ1) is 10.7. The molecule has 1 N–H and O–H groups in total. The molecule has 122 valence electrons. The van der Waals surface area contributed by atoms with Crippen molar-refractivity contribution in [2.24, 2.45) is 0 Å². The zero-order chi connectivity index (χ0) is 17.2. The number of nitro benzene ring substituents is 1. The summed E-state index contributed by atoms with van der Waals surface area (Å²) in [6.45, 7) is 1.84. The molecule has 0 bridgehead atoms. The van der Waals surface area contributed by atoms with Crippen molar-refractivity contribution in [2.45, 2.75) is 17.9 Å². The summed E-state index contributed by atoms with van der Waals surface area (Å²) in [5.41, 5.74) is 0.870. The van der Waals surface area contributed by atoms with Gasteiger partial charge in [-0.3, -0.25) is 10.1 Å². The summed E-state index contributed by atoms with van der Waals surface area (Å²) in [7, 11) is -3.51. The van der Waals surface area contributed by atoms with Crippen LogP contribution in [0.25, 0.3) is 0 Å². The topological polar surface area (TPSA) is 89.3 Å². The Morgan fingerprint density at radius 1 is 1.17 bits per heavy atom. The summed E-state index contributed by atoms with van der Waals surface area (Å²) in [6, 6.07) is 10.7. The van der Waals surface area contributed by atoms with Crippen LogP contribution in [0.1, 0.15) is 18.5 Å². The molecule has 0 saturated heterocycles. The van der Waals surface area contributed by atoms with Gasteiger partial charge >= 0.3 is 0 Å². The van der Waals surface area contributed by atoms with Crippen LogP contribution in [0, 0.1) is 10.1 Å². The molecule has 2 aromatic carbocycles. The quantitative estimate of drug-likeness (QED) is 0.651. The van der Waals surface area contributed by atoms with E-state index in [2.05, 4.69) is 5.32 Å². The van der Waals surface area contributed by atoms with Gasteiger partial charge in [0.25, 0.3) is 5.69 Å². The first-order valence-electron chi connectivity index (χ1n) is 6.69. The number of nitro groups is 1. The summed E-state index contributed by atoms with van der Waals surface area (Å²) in [5, 5.41) is 14.8. The lowest BCUT2D eigenvalue weighted by molar-refractivity contribution is -0.384. The van der Waals surface area contributed by atoms with Gasteiger partial charge in [-0.25, -0.2) is 8.42 Å². The van der Waals surface area contributed by atoms with E-state index in [0.717, 1.165) is 17.9 Å². The van der Waals surface area contributed by atoms with Gasteiger partial charge in [0.15, 0.2) is 9.84 Å². The van der Waals surface area contributed by atoms with Crippen molar-refractivity contribution in [1.29, 1.82) is 0 Å². The summed E-state index contributed by atoms with van der Waals surface area (Å²) in [6.07, 6.45) is 1.01. The van der Waals surface area contributed by atoms with Crippen molar-refractivity contribution in [2.75, 3.05) is 11.6 Å². The molecule has 23 heavy (non-hydrogen) atoms. The molecular formula is C15H15ClN2O4S. The van der Waals surface area contributed by atoms with E-state index in [1.165, 1.54) is 12.1 Å². The molecule has 0 fully saturated rings. The average Bonchev–Trinajstić information content (AvgIpc) is 2.46. The van der Waals surface area contributed by atoms with Crippen molar-refractivity contribution in [1.82, 2.24) is 0 Å². The number of hydrogen-bond acceptors (Lipinski definition) is 5. The second-order valence-corrected chi connectivity index (χ2v) is 7.58. The van der Waals surface area contributed by atoms with Crippen molar-refractivity contribution >= 4 is 32.8 Å². The Morgan fingerprint density at radius 3 is 2.30 bits per heavy atom. The number of rotatable bonds is 5. The molecule has 2 aromatic rings. The van der Waals surface area contributed by atoms with Crippen LogP contribution >= 0.6 is 11.6 Å². The normalized spacial score (nSPS) is 12.7. The van der Waals surface area contributed by atoms with Gasteiger partial charge in [0.1, 0.15) is 5.69 Å². The molecule has 1 atom stereocenters. The number of nitrogens with zero attached hydrogens (tertiary/aromatic N) is 1. The Bertz CT molecular complexity index is 835. The fourth-order valence-electron chi connectivity index (χ4n) is 2.08. The highest BCUT2D eigenvalue weighted by atomic mass is 35.5. The average molecular weight is 355 g/mol. The van der Waals surface area contributed by atoms with Gasteiger partial charge in [0.2, 0.25) is 0 Å². The van der Waals surface area contributed by atoms with Gasteiger partial charge in [-0.15, -0.1) is 0 Å². The van der Waals surface area contributed by atoms with E-state index >= 15 is 0 Å². The highest BCUT2D eigenvalue weighted by Crippen LogP contribution is 2.30. The molecule has 0 amide bonds. The Labute approximate surface area is 139 Å². The van der Waals surface area contributed by atoms with Crippen LogP contribution < -0.4 is 5.32 Å². The van der Waals surface area contributed by atoms with E-state index in [9.17, 15) is 18.5 Å². The predicted octanol–water partition coefficient (Wildman–Crippen LogP) is 3.82. The van der Waals surface area contributed by atoms with Gasteiger partial charge in [0.05, 0.1) is 9.82 Å². The third-order valence-electron chi connectivity index (χ3n) is 3.34. The van der Waals surface area contributed by atoms with E-state index in [1.807, 2.05) is 19.1 Å². The molecule has 0 heterocycles. The summed E-state index contributed by atoms with van der Waals surface area (Å²) >= 11 is 5.84. The van der Waals surface area contributed by atoms with E-state index < -0.39 is 14.8 Å². The maximum Gasteiger partial charge on any atom is 0.293 e. The van der Waals surface area contributed by atoms with Crippen LogP contribution in [0.4, 0.5) is 11.4 Å². The number of benzene rings is 2. The molecule has 0 aliphatic carbocycles. The van der Waals surface area contributed by atoms with Crippen LogP contribution in [0.2, 0.25) is 5.02 Å². The molecule has 8 heteroatoms. The maximum absolute atomic E-state index is 11.5. The highest BCUT2D eigenvalue weighted by molar-refractivity contribution is 7.90. The lowest BCUT2D eigenvalue weighted by Crippen LogP contribution is -2.09.